The van der Waals surface area contributed by atoms with Crippen molar-refractivity contribution in [2.45, 2.75) is 11.7 Å². The third-order valence-electron chi connectivity index (χ3n) is 4.79. The fraction of sp³-hybridized carbons (Fsp3) is 0.182. The van der Waals surface area contributed by atoms with Crippen LogP contribution >= 0.6 is 0 Å². The normalized spacial score (nSPS) is 12.1. The molecule has 1 aromatic heterocycles. The van der Waals surface area contributed by atoms with E-state index in [2.05, 4.69) is 4.98 Å². The number of hydrogen-bond donors (Lipinski definition) is 0. The lowest BCUT2D eigenvalue weighted by Gasteiger charge is -2.38. The van der Waals surface area contributed by atoms with Crippen molar-refractivity contribution in [3.05, 3.63) is 99.7 Å². The molecule has 0 fully saturated rings. The molecule has 0 saturated carbocycles. The number of halogens is 2. The molecule has 0 aliphatic rings. The zero-order valence-electron chi connectivity index (χ0n) is 17.0. The van der Waals surface area contributed by atoms with E-state index < -0.39 is 45.8 Å². The molecule has 0 aliphatic carbocycles. The molecular formula is C22H18F2N2O6. The van der Waals surface area contributed by atoms with Crippen LogP contribution < -0.4 is 4.74 Å². The van der Waals surface area contributed by atoms with Crippen LogP contribution in [0, 0.1) is 21.7 Å². The second kappa shape index (κ2) is 9.48. The number of benzene rings is 2. The molecule has 1 unspecified atom stereocenters. The first-order valence-electron chi connectivity index (χ1n) is 9.24. The third kappa shape index (κ3) is 4.26. The van der Waals surface area contributed by atoms with Gasteiger partial charge in [-0.15, -0.1) is 0 Å². The maximum atomic E-state index is 14.2. The fourth-order valence-corrected chi connectivity index (χ4v) is 3.38. The van der Waals surface area contributed by atoms with Crippen LogP contribution in [0.5, 0.6) is 5.88 Å². The predicted octanol–water partition coefficient (Wildman–Crippen LogP) is 3.78. The average molecular weight is 444 g/mol. The summed E-state index contributed by atoms with van der Waals surface area (Å²) in [5.41, 5.74) is -2.31. The van der Waals surface area contributed by atoms with Gasteiger partial charge in [0.2, 0.25) is 6.10 Å². The van der Waals surface area contributed by atoms with Gasteiger partial charge in [0.05, 0.1) is 12.0 Å². The van der Waals surface area contributed by atoms with Gasteiger partial charge in [-0.25, -0.2) is 18.6 Å². The number of rotatable bonds is 8. The highest BCUT2D eigenvalue weighted by Crippen LogP contribution is 2.40. The van der Waals surface area contributed by atoms with E-state index in [1.807, 2.05) is 0 Å². The molecule has 0 amide bonds. The minimum atomic E-state index is -1.96. The largest absolute Gasteiger partial charge is 0.466 e. The van der Waals surface area contributed by atoms with Crippen molar-refractivity contribution in [1.29, 1.82) is 0 Å². The van der Waals surface area contributed by atoms with Gasteiger partial charge < -0.3 is 14.2 Å². The monoisotopic (exact) mass is 444 g/mol. The number of pyridine rings is 1. The zero-order chi connectivity index (χ0) is 23.3. The molecule has 0 bridgehead atoms. The lowest BCUT2D eigenvalue weighted by atomic mass is 9.81. The molecule has 10 heteroatoms. The van der Waals surface area contributed by atoms with Gasteiger partial charge in [0, 0.05) is 19.4 Å². The van der Waals surface area contributed by atoms with Gasteiger partial charge in [0.1, 0.15) is 11.6 Å². The topological polar surface area (TPSA) is 101 Å². The second-order valence-corrected chi connectivity index (χ2v) is 6.57. The first kappa shape index (κ1) is 22.8. The molecule has 0 spiro atoms. The molecule has 32 heavy (non-hydrogen) atoms. The van der Waals surface area contributed by atoms with Gasteiger partial charge in [-0.3, -0.25) is 10.1 Å². The molecule has 8 nitrogen and oxygen atoms in total. The van der Waals surface area contributed by atoms with Crippen LogP contribution in [-0.4, -0.2) is 36.2 Å². The van der Waals surface area contributed by atoms with Crippen molar-refractivity contribution in [2.24, 2.45) is 0 Å². The lowest BCUT2D eigenvalue weighted by Crippen LogP contribution is -2.51. The minimum absolute atomic E-state index is 0.0829. The number of carbonyl (C=O) groups is 1. The molecule has 3 rings (SSSR count). The van der Waals surface area contributed by atoms with Gasteiger partial charge in [0.15, 0.2) is 5.60 Å². The molecular weight excluding hydrogens is 426 g/mol. The van der Waals surface area contributed by atoms with Crippen molar-refractivity contribution >= 4 is 11.7 Å². The van der Waals surface area contributed by atoms with E-state index in [-0.39, 0.29) is 11.1 Å². The number of nitrogens with zero attached hydrogens (tertiary/aromatic N) is 2. The van der Waals surface area contributed by atoms with Crippen LogP contribution in [0.3, 0.4) is 0 Å². The standard InChI is InChI=1S/C22H18F2N2O6/c1-30-21(27)19(32-20-18(26(28)29)10-5-11-25-20)22(31-2,14-6-3-8-16(23)12-14)15-7-4-9-17(24)13-15/h3-13,19H,1-2H3. The van der Waals surface area contributed by atoms with E-state index in [1.54, 1.807) is 0 Å². The number of carbonyl (C=O) groups excluding carboxylic acids is 1. The van der Waals surface area contributed by atoms with Crippen LogP contribution in [0.15, 0.2) is 66.9 Å². The highest BCUT2D eigenvalue weighted by Gasteiger charge is 2.51. The molecule has 1 atom stereocenters. The summed E-state index contributed by atoms with van der Waals surface area (Å²) in [5, 5.41) is 11.4. The number of hydrogen-bond acceptors (Lipinski definition) is 7. The van der Waals surface area contributed by atoms with Crippen LogP contribution in [-0.2, 0) is 19.9 Å². The average Bonchev–Trinajstić information content (AvgIpc) is 2.79. The Morgan fingerprint density at radius 1 is 1.03 bits per heavy atom. The second-order valence-electron chi connectivity index (χ2n) is 6.57. The molecule has 0 saturated heterocycles. The summed E-state index contributed by atoms with van der Waals surface area (Å²) in [6.07, 6.45) is -0.537. The summed E-state index contributed by atoms with van der Waals surface area (Å²) in [6, 6.07) is 12.6. The molecule has 3 aromatic rings. The lowest BCUT2D eigenvalue weighted by molar-refractivity contribution is -0.386. The van der Waals surface area contributed by atoms with E-state index in [1.165, 1.54) is 55.8 Å². The minimum Gasteiger partial charge on any atom is -0.466 e. The number of ether oxygens (including phenoxy) is 3. The Balaban J connectivity index is 2.30. The Labute approximate surface area is 181 Å². The van der Waals surface area contributed by atoms with E-state index in [0.717, 1.165) is 25.3 Å². The highest BCUT2D eigenvalue weighted by atomic mass is 19.1. The third-order valence-corrected chi connectivity index (χ3v) is 4.79. The van der Waals surface area contributed by atoms with Gasteiger partial charge in [-0.1, -0.05) is 24.3 Å². The van der Waals surface area contributed by atoms with Crippen LogP contribution in [0.1, 0.15) is 11.1 Å². The number of esters is 1. The van der Waals surface area contributed by atoms with Gasteiger partial charge in [0.25, 0.3) is 5.88 Å². The Kier molecular flexibility index (Phi) is 6.74. The summed E-state index contributed by atoms with van der Waals surface area (Å²) < 4.78 is 44.7. The molecule has 2 aromatic carbocycles. The van der Waals surface area contributed by atoms with E-state index >= 15 is 0 Å². The zero-order valence-corrected chi connectivity index (χ0v) is 17.0. The number of methoxy groups -OCH3 is 2. The first-order valence-corrected chi connectivity index (χ1v) is 9.24. The molecule has 0 aliphatic heterocycles. The summed E-state index contributed by atoms with van der Waals surface area (Å²) in [7, 11) is 2.28. The van der Waals surface area contributed by atoms with Crippen molar-refractivity contribution in [1.82, 2.24) is 4.98 Å². The molecule has 0 radical (unpaired) electrons. The van der Waals surface area contributed by atoms with Crippen LogP contribution in [0.25, 0.3) is 0 Å². The smallest absolute Gasteiger partial charge is 0.350 e. The first-order chi connectivity index (χ1) is 15.3. The summed E-state index contributed by atoms with van der Waals surface area (Å²) in [5.74, 6) is -2.83. The van der Waals surface area contributed by atoms with E-state index in [4.69, 9.17) is 14.2 Å². The maximum Gasteiger partial charge on any atom is 0.350 e. The number of nitro groups is 1. The van der Waals surface area contributed by atoms with Crippen molar-refractivity contribution < 1.29 is 32.7 Å². The fourth-order valence-electron chi connectivity index (χ4n) is 3.38. The Bertz CT molecular complexity index is 1100. The molecule has 166 valence electrons. The van der Waals surface area contributed by atoms with E-state index in [0.29, 0.717) is 0 Å². The maximum absolute atomic E-state index is 14.2. The van der Waals surface area contributed by atoms with E-state index in [9.17, 15) is 23.7 Å². The Morgan fingerprint density at radius 2 is 1.62 bits per heavy atom. The summed E-state index contributed by atoms with van der Waals surface area (Å²) in [4.78, 5) is 27.4. The molecule has 0 N–H and O–H groups in total. The Morgan fingerprint density at radius 3 is 2.09 bits per heavy atom. The Hall–Kier alpha value is -3.92. The van der Waals surface area contributed by atoms with Crippen molar-refractivity contribution in [2.75, 3.05) is 14.2 Å². The van der Waals surface area contributed by atoms with Crippen molar-refractivity contribution in [3.8, 4) is 5.88 Å². The summed E-state index contributed by atoms with van der Waals surface area (Å²) >= 11 is 0. The quantitative estimate of drug-likeness (QED) is 0.296. The van der Waals surface area contributed by atoms with Gasteiger partial charge >= 0.3 is 11.7 Å². The van der Waals surface area contributed by atoms with Crippen LogP contribution in [0.2, 0.25) is 0 Å². The van der Waals surface area contributed by atoms with Crippen LogP contribution in [0.4, 0.5) is 14.5 Å². The number of aromatic nitrogens is 1. The van der Waals surface area contributed by atoms with Gasteiger partial charge in [-0.2, -0.15) is 0 Å². The van der Waals surface area contributed by atoms with Crippen molar-refractivity contribution in [3.63, 3.8) is 0 Å². The van der Waals surface area contributed by atoms with Gasteiger partial charge in [-0.05, 0) is 41.5 Å². The SMILES string of the molecule is COC(=O)C(Oc1ncccc1[N+](=O)[O-])C(OC)(c1cccc(F)c1)c1cccc(F)c1. The highest BCUT2D eigenvalue weighted by molar-refractivity contribution is 5.78. The predicted molar refractivity (Wildman–Crippen MR) is 108 cm³/mol. The molecule has 1 heterocycles. The summed E-state index contributed by atoms with van der Waals surface area (Å²) in [6.45, 7) is 0.